The molecule has 0 saturated heterocycles. The van der Waals surface area contributed by atoms with Crippen LogP contribution < -0.4 is 15.0 Å². The molecule has 3 aromatic heterocycles. The third-order valence-electron chi connectivity index (χ3n) is 5.16. The lowest BCUT2D eigenvalue weighted by molar-refractivity contribution is 0.277. The number of nitrogens with zero attached hydrogens (tertiary/aromatic N) is 6. The zero-order valence-electron chi connectivity index (χ0n) is 16.8. The van der Waals surface area contributed by atoms with Gasteiger partial charge < -0.3 is 9.47 Å². The van der Waals surface area contributed by atoms with Crippen LogP contribution in [0.5, 0.6) is 11.6 Å². The van der Waals surface area contributed by atoms with Gasteiger partial charge in [0.1, 0.15) is 5.75 Å². The topological polar surface area (TPSA) is 97.0 Å². The molecule has 3 heterocycles. The first-order valence-electron chi connectivity index (χ1n) is 9.58. The molecular formula is C20H24N6O3. The van der Waals surface area contributed by atoms with Crippen molar-refractivity contribution in [2.24, 2.45) is 20.0 Å². The highest BCUT2D eigenvalue weighted by Gasteiger charge is 2.40. The molecule has 1 aliphatic rings. The molecule has 9 heteroatoms. The Morgan fingerprint density at radius 2 is 2.10 bits per heavy atom. The second-order valence-electron chi connectivity index (χ2n) is 7.36. The molecule has 0 aromatic carbocycles. The van der Waals surface area contributed by atoms with Crippen molar-refractivity contribution < 1.29 is 9.47 Å². The Morgan fingerprint density at radius 3 is 2.79 bits per heavy atom. The molecule has 0 aliphatic heterocycles. The Hall–Kier alpha value is -3.23. The molecule has 0 radical (unpaired) electrons. The lowest BCUT2D eigenvalue weighted by Crippen LogP contribution is -2.24. The Labute approximate surface area is 168 Å². The minimum atomic E-state index is -0.118. The molecule has 0 unspecified atom stereocenters. The fourth-order valence-electron chi connectivity index (χ4n) is 3.38. The summed E-state index contributed by atoms with van der Waals surface area (Å²) in [7, 11) is 5.09. The number of rotatable bonds is 8. The van der Waals surface area contributed by atoms with Gasteiger partial charge in [-0.3, -0.25) is 14.5 Å². The third-order valence-corrected chi connectivity index (χ3v) is 5.16. The molecule has 2 atom stereocenters. The van der Waals surface area contributed by atoms with E-state index < -0.39 is 0 Å². The summed E-state index contributed by atoms with van der Waals surface area (Å²) in [5, 5.41) is 12.2. The number of pyridine rings is 1. The quantitative estimate of drug-likeness (QED) is 0.566. The van der Waals surface area contributed by atoms with Gasteiger partial charge in [-0.05, 0) is 31.4 Å². The van der Waals surface area contributed by atoms with E-state index in [-0.39, 0.29) is 5.56 Å². The first-order chi connectivity index (χ1) is 14.0. The smallest absolute Gasteiger partial charge is 0.269 e. The van der Waals surface area contributed by atoms with Crippen LogP contribution in [-0.2, 0) is 26.9 Å². The van der Waals surface area contributed by atoms with Crippen LogP contribution in [0.1, 0.15) is 29.3 Å². The van der Waals surface area contributed by atoms with Crippen molar-refractivity contribution in [3.05, 3.63) is 57.9 Å². The summed E-state index contributed by atoms with van der Waals surface area (Å²) in [5.74, 6) is 2.02. The van der Waals surface area contributed by atoms with Gasteiger partial charge in [-0.2, -0.15) is 0 Å². The van der Waals surface area contributed by atoms with Crippen molar-refractivity contribution >= 4 is 0 Å². The van der Waals surface area contributed by atoms with Gasteiger partial charge in [0, 0.05) is 49.5 Å². The van der Waals surface area contributed by atoms with E-state index in [4.69, 9.17) is 9.47 Å². The Kier molecular flexibility index (Phi) is 5.28. The number of hydrogen-bond donors (Lipinski definition) is 0. The monoisotopic (exact) mass is 396 g/mol. The van der Waals surface area contributed by atoms with Crippen molar-refractivity contribution in [2.75, 3.05) is 13.7 Å². The summed E-state index contributed by atoms with van der Waals surface area (Å²) >= 11 is 0. The van der Waals surface area contributed by atoms with Gasteiger partial charge in [-0.1, -0.05) is 5.21 Å². The van der Waals surface area contributed by atoms with Gasteiger partial charge in [0.25, 0.3) is 5.56 Å². The van der Waals surface area contributed by atoms with Crippen LogP contribution in [-0.4, -0.2) is 43.5 Å². The molecule has 3 aromatic rings. The fourth-order valence-corrected chi connectivity index (χ4v) is 3.38. The predicted octanol–water partition coefficient (Wildman–Crippen LogP) is 1.28. The summed E-state index contributed by atoms with van der Waals surface area (Å²) in [6.07, 6.45) is 5.82. The molecule has 0 spiro atoms. The number of aromatic nitrogens is 6. The minimum absolute atomic E-state index is 0.118. The highest BCUT2D eigenvalue weighted by atomic mass is 16.5. The van der Waals surface area contributed by atoms with Crippen molar-refractivity contribution in [1.82, 2.24) is 29.8 Å². The summed E-state index contributed by atoms with van der Waals surface area (Å²) < 4.78 is 14.0. The standard InChI is InChI=1S/C20H24N6O3/c1-25-11-15(22-24-25)5-4-13-9-19(23-26(2)20(13)27)29-12-14-8-17(14)18-7-6-16(28-3)10-21-18/h6-7,9-11,14,17H,4-5,8,12H2,1-3H3/t14-,17+/m1/s1. The van der Waals surface area contributed by atoms with E-state index in [9.17, 15) is 4.79 Å². The van der Waals surface area contributed by atoms with Crippen molar-refractivity contribution in [3.63, 3.8) is 0 Å². The maximum atomic E-state index is 12.4. The van der Waals surface area contributed by atoms with E-state index in [1.165, 1.54) is 4.68 Å². The molecule has 0 bridgehead atoms. The minimum Gasteiger partial charge on any atom is -0.495 e. The lowest BCUT2D eigenvalue weighted by Gasteiger charge is -2.09. The number of ether oxygens (including phenoxy) is 2. The van der Waals surface area contributed by atoms with Gasteiger partial charge in [0.15, 0.2) is 0 Å². The predicted molar refractivity (Wildman–Crippen MR) is 105 cm³/mol. The largest absolute Gasteiger partial charge is 0.495 e. The normalized spacial score (nSPS) is 17.9. The van der Waals surface area contributed by atoms with E-state index in [1.54, 1.807) is 31.1 Å². The Bertz CT molecular complexity index is 1040. The molecule has 1 saturated carbocycles. The van der Waals surface area contributed by atoms with Crippen molar-refractivity contribution in [3.8, 4) is 11.6 Å². The van der Waals surface area contributed by atoms with Crippen LogP contribution in [0.3, 0.4) is 0 Å². The zero-order valence-corrected chi connectivity index (χ0v) is 16.8. The first-order valence-corrected chi connectivity index (χ1v) is 9.58. The van der Waals surface area contributed by atoms with E-state index in [0.717, 1.165) is 23.6 Å². The Balaban J connectivity index is 1.36. The highest BCUT2D eigenvalue weighted by Crippen LogP contribution is 2.46. The molecule has 1 aliphatic carbocycles. The van der Waals surface area contributed by atoms with Gasteiger partial charge in [-0.15, -0.1) is 10.2 Å². The van der Waals surface area contributed by atoms with Crippen LogP contribution in [0.25, 0.3) is 0 Å². The lowest BCUT2D eigenvalue weighted by atomic mass is 10.1. The summed E-state index contributed by atoms with van der Waals surface area (Å²) in [5.41, 5.74) is 2.44. The molecule has 4 rings (SSSR count). The van der Waals surface area contributed by atoms with Gasteiger partial charge >= 0.3 is 0 Å². The SMILES string of the molecule is COc1ccc([C@H]2C[C@@H]2COc2cc(CCc3cn(C)nn3)c(=O)n(C)n2)nc1. The molecule has 0 N–H and O–H groups in total. The van der Waals surface area contributed by atoms with Crippen LogP contribution in [0.4, 0.5) is 0 Å². The van der Waals surface area contributed by atoms with E-state index in [2.05, 4.69) is 20.4 Å². The molecule has 0 amide bonds. The van der Waals surface area contributed by atoms with Gasteiger partial charge in [0.2, 0.25) is 5.88 Å². The second-order valence-corrected chi connectivity index (χ2v) is 7.36. The van der Waals surface area contributed by atoms with Crippen LogP contribution in [0.2, 0.25) is 0 Å². The number of methoxy groups -OCH3 is 1. The van der Waals surface area contributed by atoms with Crippen molar-refractivity contribution in [1.29, 1.82) is 0 Å². The molecule has 29 heavy (non-hydrogen) atoms. The summed E-state index contributed by atoms with van der Waals surface area (Å²) in [6.45, 7) is 0.549. The molecule has 1 fully saturated rings. The van der Waals surface area contributed by atoms with Crippen LogP contribution in [0, 0.1) is 5.92 Å². The fraction of sp³-hybridized carbons (Fsp3) is 0.450. The molecular weight excluding hydrogens is 372 g/mol. The second kappa shape index (κ2) is 8.02. The van der Waals surface area contributed by atoms with Gasteiger partial charge in [-0.25, -0.2) is 4.68 Å². The first kappa shape index (κ1) is 19.1. The maximum absolute atomic E-state index is 12.4. The van der Waals surface area contributed by atoms with E-state index in [1.807, 2.05) is 25.4 Å². The number of hydrogen-bond acceptors (Lipinski definition) is 7. The van der Waals surface area contributed by atoms with E-state index in [0.29, 0.717) is 42.7 Å². The number of aryl methyl sites for hydroxylation is 4. The van der Waals surface area contributed by atoms with Crippen molar-refractivity contribution in [2.45, 2.75) is 25.2 Å². The summed E-state index contributed by atoms with van der Waals surface area (Å²) in [4.78, 5) is 16.8. The van der Waals surface area contributed by atoms with Crippen LogP contribution in [0.15, 0.2) is 35.4 Å². The maximum Gasteiger partial charge on any atom is 0.269 e. The average molecular weight is 396 g/mol. The zero-order chi connectivity index (χ0) is 20.4. The van der Waals surface area contributed by atoms with E-state index >= 15 is 0 Å². The molecule has 152 valence electrons. The summed E-state index contributed by atoms with van der Waals surface area (Å²) in [6, 6.07) is 5.66. The third kappa shape index (κ3) is 4.44. The average Bonchev–Trinajstić information content (AvgIpc) is 3.39. The Morgan fingerprint density at radius 1 is 1.24 bits per heavy atom. The highest BCUT2D eigenvalue weighted by molar-refractivity contribution is 5.25. The molecule has 9 nitrogen and oxygen atoms in total. The van der Waals surface area contributed by atoms with Gasteiger partial charge in [0.05, 0.1) is 25.6 Å². The van der Waals surface area contributed by atoms with Crippen LogP contribution >= 0.6 is 0 Å².